The van der Waals surface area contributed by atoms with Gasteiger partial charge >= 0.3 is 0 Å². The molecule has 1 aliphatic rings. The monoisotopic (exact) mass is 208 g/mol. The minimum atomic E-state index is 0.203. The first-order valence-electron chi connectivity index (χ1n) is 5.99. The summed E-state index contributed by atoms with van der Waals surface area (Å²) in [5, 5.41) is 0. The van der Waals surface area contributed by atoms with Crippen molar-refractivity contribution in [2.75, 3.05) is 0 Å². The summed E-state index contributed by atoms with van der Waals surface area (Å²) in [7, 11) is 0. The Kier molecular flexibility index (Phi) is 4.73. The van der Waals surface area contributed by atoms with Gasteiger partial charge in [0.1, 0.15) is 0 Å². The molecule has 0 saturated carbocycles. The Morgan fingerprint density at radius 2 is 1.33 bits per heavy atom. The van der Waals surface area contributed by atoms with Crippen LogP contribution in [0.15, 0.2) is 11.1 Å². The number of carbonyl (C=O) groups is 2. The van der Waals surface area contributed by atoms with E-state index in [1.165, 1.54) is 0 Å². The van der Waals surface area contributed by atoms with Crippen LogP contribution >= 0.6 is 0 Å². The molecule has 0 radical (unpaired) electrons. The molecule has 0 heterocycles. The molecule has 2 nitrogen and oxygen atoms in total. The summed E-state index contributed by atoms with van der Waals surface area (Å²) in [5.41, 5.74) is 1.69. The van der Waals surface area contributed by atoms with Crippen molar-refractivity contribution in [1.29, 1.82) is 0 Å². The molecule has 2 heteroatoms. The van der Waals surface area contributed by atoms with Crippen LogP contribution in [0.3, 0.4) is 0 Å². The lowest BCUT2D eigenvalue weighted by Crippen LogP contribution is -2.07. The zero-order valence-corrected chi connectivity index (χ0v) is 9.77. The predicted octanol–water partition coefficient (Wildman–Crippen LogP) is 3.21. The van der Waals surface area contributed by atoms with E-state index in [0.29, 0.717) is 12.8 Å². The predicted molar refractivity (Wildman–Crippen MR) is 60.7 cm³/mol. The van der Waals surface area contributed by atoms with Gasteiger partial charge in [0.2, 0.25) is 0 Å². The molecule has 0 spiro atoms. The van der Waals surface area contributed by atoms with Gasteiger partial charge < -0.3 is 0 Å². The first kappa shape index (κ1) is 12.2. The maximum absolute atomic E-state index is 11.8. The lowest BCUT2D eigenvalue weighted by Gasteiger charge is -2.04. The van der Waals surface area contributed by atoms with Crippen LogP contribution in [0.25, 0.3) is 0 Å². The van der Waals surface area contributed by atoms with Gasteiger partial charge in [-0.1, -0.05) is 13.8 Å². The number of Topliss-reactive ketones (excluding diaryl/α,β-unsaturated/α-hetero) is 2. The highest BCUT2D eigenvalue weighted by atomic mass is 16.1. The van der Waals surface area contributed by atoms with Crippen LogP contribution in [0.5, 0.6) is 0 Å². The van der Waals surface area contributed by atoms with Crippen LogP contribution in [-0.2, 0) is 9.59 Å². The molecule has 0 fully saturated rings. The van der Waals surface area contributed by atoms with Gasteiger partial charge in [0.15, 0.2) is 11.6 Å². The SMILES string of the molecule is CCCC(=O)C1=C(C(=O)CCC)CCC1. The van der Waals surface area contributed by atoms with Crippen LogP contribution in [0.2, 0.25) is 0 Å². The fourth-order valence-electron chi connectivity index (χ4n) is 2.12. The third kappa shape index (κ3) is 3.01. The van der Waals surface area contributed by atoms with Crippen LogP contribution in [-0.4, -0.2) is 11.6 Å². The maximum atomic E-state index is 11.8. The molecule has 84 valence electrons. The lowest BCUT2D eigenvalue weighted by molar-refractivity contribution is -0.118. The van der Waals surface area contributed by atoms with Crippen molar-refractivity contribution < 1.29 is 9.59 Å². The second kappa shape index (κ2) is 5.84. The number of allylic oxidation sites excluding steroid dienone is 2. The summed E-state index contributed by atoms with van der Waals surface area (Å²) in [5.74, 6) is 0.406. The van der Waals surface area contributed by atoms with Gasteiger partial charge in [-0.15, -0.1) is 0 Å². The smallest absolute Gasteiger partial charge is 0.159 e. The molecule has 0 amide bonds. The van der Waals surface area contributed by atoms with E-state index in [-0.39, 0.29) is 11.6 Å². The molecule has 0 atom stereocenters. The van der Waals surface area contributed by atoms with Gasteiger partial charge in [-0.25, -0.2) is 0 Å². The molecule has 0 aromatic carbocycles. The van der Waals surface area contributed by atoms with Crippen molar-refractivity contribution >= 4 is 11.6 Å². The molecule has 1 aliphatic carbocycles. The van der Waals surface area contributed by atoms with E-state index in [4.69, 9.17) is 0 Å². The van der Waals surface area contributed by atoms with E-state index in [1.807, 2.05) is 13.8 Å². The van der Waals surface area contributed by atoms with Crippen molar-refractivity contribution in [3.63, 3.8) is 0 Å². The Bertz CT molecular complexity index is 259. The zero-order chi connectivity index (χ0) is 11.3. The fourth-order valence-corrected chi connectivity index (χ4v) is 2.12. The van der Waals surface area contributed by atoms with Crippen molar-refractivity contribution in [2.45, 2.75) is 58.8 Å². The Balaban J connectivity index is 2.77. The van der Waals surface area contributed by atoms with E-state index in [2.05, 4.69) is 0 Å². The van der Waals surface area contributed by atoms with Crippen LogP contribution < -0.4 is 0 Å². The van der Waals surface area contributed by atoms with E-state index in [9.17, 15) is 9.59 Å². The molecule has 0 aliphatic heterocycles. The molecule has 0 saturated heterocycles. The minimum Gasteiger partial charge on any atom is -0.295 e. The summed E-state index contributed by atoms with van der Waals surface area (Å²) in [4.78, 5) is 23.5. The standard InChI is InChI=1S/C13H20O2/c1-3-6-12(14)10-8-5-9-11(10)13(15)7-4-2/h3-9H2,1-2H3. The van der Waals surface area contributed by atoms with E-state index >= 15 is 0 Å². The number of hydrogen-bond donors (Lipinski definition) is 0. The summed E-state index contributed by atoms with van der Waals surface area (Å²) < 4.78 is 0. The van der Waals surface area contributed by atoms with E-state index < -0.39 is 0 Å². The van der Waals surface area contributed by atoms with Gasteiger partial charge in [0.25, 0.3) is 0 Å². The fraction of sp³-hybridized carbons (Fsp3) is 0.692. The van der Waals surface area contributed by atoms with Crippen LogP contribution in [0, 0.1) is 0 Å². The Labute approximate surface area is 91.7 Å². The summed E-state index contributed by atoms with van der Waals surface area (Å²) in [6.07, 6.45) is 5.56. The molecule has 0 N–H and O–H groups in total. The molecular formula is C13H20O2. The largest absolute Gasteiger partial charge is 0.295 e. The van der Waals surface area contributed by atoms with Gasteiger partial charge in [-0.2, -0.15) is 0 Å². The van der Waals surface area contributed by atoms with Gasteiger partial charge in [-0.3, -0.25) is 9.59 Å². The van der Waals surface area contributed by atoms with Crippen molar-refractivity contribution in [1.82, 2.24) is 0 Å². The van der Waals surface area contributed by atoms with Gasteiger partial charge in [-0.05, 0) is 32.1 Å². The Morgan fingerprint density at radius 1 is 0.933 bits per heavy atom. The highest BCUT2D eigenvalue weighted by Gasteiger charge is 2.23. The summed E-state index contributed by atoms with van der Waals surface area (Å²) in [6, 6.07) is 0. The summed E-state index contributed by atoms with van der Waals surface area (Å²) in [6.45, 7) is 4.00. The Hall–Kier alpha value is -0.920. The molecule has 0 aromatic rings. The van der Waals surface area contributed by atoms with E-state index in [0.717, 1.165) is 43.3 Å². The quantitative estimate of drug-likeness (QED) is 0.671. The third-order valence-electron chi connectivity index (χ3n) is 2.85. The lowest BCUT2D eigenvalue weighted by atomic mass is 9.99. The maximum Gasteiger partial charge on any atom is 0.159 e. The minimum absolute atomic E-state index is 0.203. The average Bonchev–Trinajstić information content (AvgIpc) is 2.66. The highest BCUT2D eigenvalue weighted by molar-refractivity contribution is 6.07. The highest BCUT2D eigenvalue weighted by Crippen LogP contribution is 2.29. The normalized spacial score (nSPS) is 15.9. The molecule has 0 bridgehead atoms. The molecule has 0 unspecified atom stereocenters. The second-order valence-electron chi connectivity index (χ2n) is 4.16. The van der Waals surface area contributed by atoms with Crippen LogP contribution in [0.1, 0.15) is 58.8 Å². The van der Waals surface area contributed by atoms with Crippen LogP contribution in [0.4, 0.5) is 0 Å². The second-order valence-corrected chi connectivity index (χ2v) is 4.16. The molecule has 15 heavy (non-hydrogen) atoms. The van der Waals surface area contributed by atoms with Crippen molar-refractivity contribution in [3.05, 3.63) is 11.1 Å². The topological polar surface area (TPSA) is 34.1 Å². The van der Waals surface area contributed by atoms with Crippen molar-refractivity contribution in [3.8, 4) is 0 Å². The Morgan fingerprint density at radius 3 is 1.67 bits per heavy atom. The van der Waals surface area contributed by atoms with Crippen molar-refractivity contribution in [2.24, 2.45) is 0 Å². The molecule has 0 aromatic heterocycles. The molecular weight excluding hydrogens is 188 g/mol. The number of carbonyl (C=O) groups excluding carboxylic acids is 2. The number of hydrogen-bond acceptors (Lipinski definition) is 2. The summed E-state index contributed by atoms with van der Waals surface area (Å²) >= 11 is 0. The number of ketones is 2. The first-order valence-corrected chi connectivity index (χ1v) is 5.99. The van der Waals surface area contributed by atoms with Gasteiger partial charge in [0, 0.05) is 24.0 Å². The zero-order valence-electron chi connectivity index (χ0n) is 9.77. The number of rotatable bonds is 6. The average molecular weight is 208 g/mol. The third-order valence-corrected chi connectivity index (χ3v) is 2.85. The first-order chi connectivity index (χ1) is 7.20. The van der Waals surface area contributed by atoms with E-state index in [1.54, 1.807) is 0 Å². The van der Waals surface area contributed by atoms with Gasteiger partial charge in [0.05, 0.1) is 0 Å². The molecule has 1 rings (SSSR count).